The quantitative estimate of drug-likeness (QED) is 0.686. The van der Waals surface area contributed by atoms with Gasteiger partial charge in [0.1, 0.15) is 0 Å². The normalized spacial score (nSPS) is 12.3. The maximum atomic E-state index is 11.9. The van der Waals surface area contributed by atoms with Gasteiger partial charge in [-0.2, -0.15) is 5.10 Å². The number of amides is 2. The maximum Gasteiger partial charge on any atom is 0.315 e. The van der Waals surface area contributed by atoms with Crippen LogP contribution in [0.2, 0.25) is 0 Å². The molecule has 0 radical (unpaired) electrons. The lowest BCUT2D eigenvalue weighted by molar-refractivity contribution is 0.229. The Labute approximate surface area is 129 Å². The molecule has 7 nitrogen and oxygen atoms in total. The van der Waals surface area contributed by atoms with E-state index in [-0.39, 0.29) is 12.6 Å². The summed E-state index contributed by atoms with van der Waals surface area (Å²) < 4.78 is 1.70. The van der Waals surface area contributed by atoms with E-state index in [4.69, 9.17) is 5.11 Å². The molecule has 0 bridgehead atoms. The van der Waals surface area contributed by atoms with Gasteiger partial charge in [-0.25, -0.2) is 14.3 Å². The van der Waals surface area contributed by atoms with E-state index >= 15 is 0 Å². The minimum atomic E-state index is -0.212. The highest BCUT2D eigenvalue weighted by Crippen LogP contribution is 2.09. The van der Waals surface area contributed by atoms with Crippen molar-refractivity contribution in [1.82, 2.24) is 25.2 Å². The van der Waals surface area contributed by atoms with Gasteiger partial charge in [-0.05, 0) is 24.8 Å². The molecule has 7 heteroatoms. The first-order chi connectivity index (χ1) is 10.7. The second-order valence-corrected chi connectivity index (χ2v) is 5.27. The van der Waals surface area contributed by atoms with Crippen molar-refractivity contribution in [2.24, 2.45) is 5.92 Å². The smallest absolute Gasteiger partial charge is 0.315 e. The number of aromatic nitrogens is 3. The topological polar surface area (TPSA) is 91.5 Å². The van der Waals surface area contributed by atoms with Crippen molar-refractivity contribution in [2.45, 2.75) is 32.7 Å². The number of rotatable bonds is 8. The van der Waals surface area contributed by atoms with Gasteiger partial charge in [0, 0.05) is 25.4 Å². The van der Waals surface area contributed by atoms with Crippen LogP contribution in [0.15, 0.2) is 24.5 Å². The largest absolute Gasteiger partial charge is 0.396 e. The maximum absolute atomic E-state index is 11.9. The van der Waals surface area contributed by atoms with Gasteiger partial charge in [0.2, 0.25) is 0 Å². The fraction of sp³-hybridized carbons (Fsp3) is 0.533. The van der Waals surface area contributed by atoms with Crippen LogP contribution in [0, 0.1) is 5.92 Å². The van der Waals surface area contributed by atoms with Crippen LogP contribution in [0.1, 0.15) is 31.9 Å². The minimum absolute atomic E-state index is 0.155. The average molecular weight is 305 g/mol. The van der Waals surface area contributed by atoms with E-state index in [9.17, 15) is 4.79 Å². The summed E-state index contributed by atoms with van der Waals surface area (Å²) in [5, 5.41) is 18.9. The second-order valence-electron chi connectivity index (χ2n) is 5.27. The van der Waals surface area contributed by atoms with Gasteiger partial charge in [0.15, 0.2) is 5.65 Å². The molecule has 2 aromatic heterocycles. The Kier molecular flexibility index (Phi) is 6.14. The lowest BCUT2D eigenvalue weighted by Crippen LogP contribution is -2.38. The van der Waals surface area contributed by atoms with Gasteiger partial charge >= 0.3 is 6.03 Å². The van der Waals surface area contributed by atoms with Crippen molar-refractivity contribution in [3.63, 3.8) is 0 Å². The summed E-state index contributed by atoms with van der Waals surface area (Å²) in [4.78, 5) is 16.1. The van der Waals surface area contributed by atoms with E-state index in [0.29, 0.717) is 25.4 Å². The Hall–Kier alpha value is -2.15. The zero-order valence-corrected chi connectivity index (χ0v) is 12.8. The molecule has 1 atom stereocenters. The molecule has 120 valence electrons. The number of nitrogens with zero attached hydrogens (tertiary/aromatic N) is 3. The Morgan fingerprint density at radius 1 is 1.32 bits per heavy atom. The highest BCUT2D eigenvalue weighted by atomic mass is 16.3. The van der Waals surface area contributed by atoms with Crippen LogP contribution in [0.25, 0.3) is 5.65 Å². The van der Waals surface area contributed by atoms with Gasteiger partial charge in [-0.1, -0.05) is 13.3 Å². The average Bonchev–Trinajstić information content (AvgIpc) is 3.00. The fourth-order valence-electron chi connectivity index (χ4n) is 2.43. The molecule has 0 aliphatic heterocycles. The lowest BCUT2D eigenvalue weighted by atomic mass is 10.0. The summed E-state index contributed by atoms with van der Waals surface area (Å²) in [5.74, 6) is 0.319. The molecule has 3 N–H and O–H groups in total. The van der Waals surface area contributed by atoms with Gasteiger partial charge in [0.25, 0.3) is 0 Å². The van der Waals surface area contributed by atoms with Crippen molar-refractivity contribution < 1.29 is 9.90 Å². The summed E-state index contributed by atoms with van der Waals surface area (Å²) >= 11 is 0. The third-order valence-electron chi connectivity index (χ3n) is 3.58. The Morgan fingerprint density at radius 2 is 2.18 bits per heavy atom. The van der Waals surface area contributed by atoms with E-state index in [2.05, 4.69) is 27.6 Å². The van der Waals surface area contributed by atoms with Crippen LogP contribution in [-0.2, 0) is 6.54 Å². The molecule has 0 fully saturated rings. The minimum Gasteiger partial charge on any atom is -0.396 e. The lowest BCUT2D eigenvalue weighted by Gasteiger charge is -2.16. The highest BCUT2D eigenvalue weighted by molar-refractivity contribution is 5.73. The number of hydrogen-bond acceptors (Lipinski definition) is 4. The monoisotopic (exact) mass is 305 g/mol. The number of hydrogen-bond donors (Lipinski definition) is 3. The van der Waals surface area contributed by atoms with Crippen molar-refractivity contribution in [3.05, 3.63) is 30.2 Å². The van der Waals surface area contributed by atoms with Gasteiger partial charge in [-0.3, -0.25) is 0 Å². The Bertz CT molecular complexity index is 592. The molecule has 2 amide bonds. The Balaban J connectivity index is 1.81. The molecule has 0 spiro atoms. The summed E-state index contributed by atoms with van der Waals surface area (Å²) in [6.07, 6.45) is 6.13. The molecule has 0 saturated carbocycles. The molecule has 1 unspecified atom stereocenters. The number of urea groups is 1. The number of aliphatic hydroxyl groups is 1. The van der Waals surface area contributed by atoms with Gasteiger partial charge in [0.05, 0.1) is 18.4 Å². The number of carbonyl (C=O) groups is 1. The SMILES string of the molecule is CCCC(CCO)CNC(=O)NCc1ccnc2ccnn12. The summed E-state index contributed by atoms with van der Waals surface area (Å²) in [6, 6.07) is 3.43. The van der Waals surface area contributed by atoms with Crippen LogP contribution >= 0.6 is 0 Å². The predicted molar refractivity (Wildman–Crippen MR) is 83.3 cm³/mol. The molecular weight excluding hydrogens is 282 g/mol. The van der Waals surface area contributed by atoms with E-state index < -0.39 is 0 Å². The third kappa shape index (κ3) is 4.42. The zero-order chi connectivity index (χ0) is 15.8. The standard InChI is InChI=1S/C15H23N5O2/c1-2-3-12(6-9-21)10-17-15(22)18-11-13-4-7-16-14-5-8-19-20(13)14/h4-5,7-8,12,21H,2-3,6,9-11H2,1H3,(H2,17,18,22). The number of carbonyl (C=O) groups excluding carboxylic acids is 1. The molecule has 22 heavy (non-hydrogen) atoms. The van der Waals surface area contributed by atoms with Crippen LogP contribution in [0.4, 0.5) is 4.79 Å². The molecule has 0 aliphatic rings. The van der Waals surface area contributed by atoms with Crippen molar-refractivity contribution in [2.75, 3.05) is 13.2 Å². The van der Waals surface area contributed by atoms with Gasteiger partial charge in [-0.15, -0.1) is 0 Å². The molecule has 0 aliphatic carbocycles. The number of nitrogens with one attached hydrogen (secondary N) is 2. The summed E-state index contributed by atoms with van der Waals surface area (Å²) in [6.45, 7) is 3.21. The first kappa shape index (κ1) is 16.2. The van der Waals surface area contributed by atoms with Crippen molar-refractivity contribution in [3.8, 4) is 0 Å². The van der Waals surface area contributed by atoms with Crippen LogP contribution in [0.3, 0.4) is 0 Å². The Morgan fingerprint density at radius 3 is 2.95 bits per heavy atom. The van der Waals surface area contributed by atoms with E-state index in [1.165, 1.54) is 0 Å². The van der Waals surface area contributed by atoms with Crippen LogP contribution < -0.4 is 10.6 Å². The predicted octanol–water partition coefficient (Wildman–Crippen LogP) is 1.33. The van der Waals surface area contributed by atoms with Crippen LogP contribution in [0.5, 0.6) is 0 Å². The fourth-order valence-corrected chi connectivity index (χ4v) is 2.43. The summed E-state index contributed by atoms with van der Waals surface area (Å²) in [5.41, 5.74) is 1.62. The molecule has 2 heterocycles. The number of aliphatic hydroxyl groups excluding tert-OH is 1. The van der Waals surface area contributed by atoms with E-state index in [0.717, 1.165) is 24.2 Å². The molecule has 0 saturated heterocycles. The highest BCUT2D eigenvalue weighted by Gasteiger charge is 2.09. The second kappa shape index (κ2) is 8.33. The van der Waals surface area contributed by atoms with Crippen LogP contribution in [-0.4, -0.2) is 38.9 Å². The van der Waals surface area contributed by atoms with E-state index in [1.54, 1.807) is 16.9 Å². The molecule has 0 aromatic carbocycles. The first-order valence-electron chi connectivity index (χ1n) is 7.64. The van der Waals surface area contributed by atoms with E-state index in [1.807, 2.05) is 12.1 Å². The third-order valence-corrected chi connectivity index (χ3v) is 3.58. The zero-order valence-electron chi connectivity index (χ0n) is 12.8. The van der Waals surface area contributed by atoms with Gasteiger partial charge < -0.3 is 15.7 Å². The molecular formula is C15H23N5O2. The van der Waals surface area contributed by atoms with Crippen molar-refractivity contribution in [1.29, 1.82) is 0 Å². The summed E-state index contributed by atoms with van der Waals surface area (Å²) in [7, 11) is 0. The number of fused-ring (bicyclic) bond motifs is 1. The first-order valence-corrected chi connectivity index (χ1v) is 7.64. The molecule has 2 rings (SSSR count). The van der Waals surface area contributed by atoms with Crippen molar-refractivity contribution >= 4 is 11.7 Å². The molecule has 2 aromatic rings.